The normalized spacial score (nSPS) is 19.0. The summed E-state index contributed by atoms with van der Waals surface area (Å²) in [7, 11) is 0. The second-order valence-corrected chi connectivity index (χ2v) is 4.84. The SMILES string of the molecule is CC/C(C)=C1\CCSc2ccccc21. The number of thioether (sulfide) groups is 1. The van der Waals surface area contributed by atoms with E-state index in [9.17, 15) is 0 Å². The van der Waals surface area contributed by atoms with E-state index in [1.54, 1.807) is 11.1 Å². The maximum Gasteiger partial charge on any atom is 0.0147 e. The fraction of sp³-hybridized carbons (Fsp3) is 0.385. The lowest BCUT2D eigenvalue weighted by atomic mass is 9.96. The van der Waals surface area contributed by atoms with Gasteiger partial charge in [-0.25, -0.2) is 0 Å². The zero-order chi connectivity index (χ0) is 9.97. The number of benzene rings is 1. The molecule has 0 fully saturated rings. The van der Waals surface area contributed by atoms with E-state index < -0.39 is 0 Å². The van der Waals surface area contributed by atoms with Crippen molar-refractivity contribution in [1.29, 1.82) is 0 Å². The van der Waals surface area contributed by atoms with E-state index in [0.29, 0.717) is 0 Å². The first-order valence-electron chi connectivity index (χ1n) is 5.23. The van der Waals surface area contributed by atoms with Crippen LogP contribution >= 0.6 is 11.8 Å². The average Bonchev–Trinajstić information content (AvgIpc) is 2.27. The predicted molar refractivity (Wildman–Crippen MR) is 64.7 cm³/mol. The molecule has 1 heteroatoms. The highest BCUT2D eigenvalue weighted by atomic mass is 32.2. The molecule has 0 amide bonds. The lowest BCUT2D eigenvalue weighted by Crippen LogP contribution is -1.99. The maximum absolute atomic E-state index is 2.27. The Morgan fingerprint density at radius 3 is 2.93 bits per heavy atom. The number of hydrogen-bond donors (Lipinski definition) is 0. The molecular formula is C13H16S. The standard InChI is InChI=1S/C13H16S/c1-3-10(2)11-8-9-14-13-7-5-4-6-12(11)13/h4-7H,3,8-9H2,1-2H3/b11-10+. The van der Waals surface area contributed by atoms with Crippen molar-refractivity contribution < 1.29 is 0 Å². The van der Waals surface area contributed by atoms with E-state index in [1.165, 1.54) is 29.1 Å². The summed E-state index contributed by atoms with van der Waals surface area (Å²) in [6.07, 6.45) is 2.41. The van der Waals surface area contributed by atoms with Gasteiger partial charge in [-0.3, -0.25) is 0 Å². The van der Waals surface area contributed by atoms with Crippen molar-refractivity contribution in [1.82, 2.24) is 0 Å². The van der Waals surface area contributed by atoms with Gasteiger partial charge in [0.1, 0.15) is 0 Å². The fourth-order valence-corrected chi connectivity index (χ4v) is 2.94. The number of rotatable bonds is 1. The number of hydrogen-bond acceptors (Lipinski definition) is 1. The molecule has 1 aliphatic heterocycles. The van der Waals surface area contributed by atoms with Crippen LogP contribution in [-0.2, 0) is 0 Å². The van der Waals surface area contributed by atoms with Gasteiger partial charge < -0.3 is 0 Å². The van der Waals surface area contributed by atoms with E-state index >= 15 is 0 Å². The van der Waals surface area contributed by atoms with E-state index in [2.05, 4.69) is 38.1 Å². The Labute approximate surface area is 90.4 Å². The monoisotopic (exact) mass is 204 g/mol. The van der Waals surface area contributed by atoms with Gasteiger partial charge in [-0.15, -0.1) is 11.8 Å². The average molecular weight is 204 g/mol. The van der Waals surface area contributed by atoms with Crippen molar-refractivity contribution in [2.75, 3.05) is 5.75 Å². The number of allylic oxidation sites excluding steroid dienone is 2. The third kappa shape index (κ3) is 1.74. The highest BCUT2D eigenvalue weighted by Gasteiger charge is 2.14. The Balaban J connectivity index is 2.51. The minimum absolute atomic E-state index is 1.17. The fourth-order valence-electron chi connectivity index (χ4n) is 1.90. The largest absolute Gasteiger partial charge is 0.125 e. The summed E-state index contributed by atoms with van der Waals surface area (Å²) < 4.78 is 0. The van der Waals surface area contributed by atoms with Gasteiger partial charge in [-0.1, -0.05) is 30.7 Å². The van der Waals surface area contributed by atoms with Crippen molar-refractivity contribution in [3.05, 3.63) is 35.4 Å². The van der Waals surface area contributed by atoms with Gasteiger partial charge in [0.25, 0.3) is 0 Å². The van der Waals surface area contributed by atoms with E-state index in [1.807, 2.05) is 11.8 Å². The zero-order valence-corrected chi connectivity index (χ0v) is 9.66. The third-order valence-corrected chi connectivity index (χ3v) is 3.94. The van der Waals surface area contributed by atoms with E-state index in [4.69, 9.17) is 0 Å². The van der Waals surface area contributed by atoms with Gasteiger partial charge in [0.05, 0.1) is 0 Å². The molecule has 74 valence electrons. The molecule has 0 unspecified atom stereocenters. The second-order valence-electron chi connectivity index (χ2n) is 3.71. The van der Waals surface area contributed by atoms with Gasteiger partial charge >= 0.3 is 0 Å². The van der Waals surface area contributed by atoms with E-state index in [0.717, 1.165) is 0 Å². The van der Waals surface area contributed by atoms with Crippen LogP contribution in [0.25, 0.3) is 5.57 Å². The Kier molecular flexibility index (Phi) is 2.97. The predicted octanol–water partition coefficient (Wildman–Crippen LogP) is 4.37. The van der Waals surface area contributed by atoms with Crippen molar-refractivity contribution >= 4 is 17.3 Å². The molecule has 0 atom stereocenters. The Morgan fingerprint density at radius 2 is 2.14 bits per heavy atom. The molecule has 0 N–H and O–H groups in total. The topological polar surface area (TPSA) is 0 Å². The van der Waals surface area contributed by atoms with Gasteiger partial charge in [-0.2, -0.15) is 0 Å². The highest BCUT2D eigenvalue weighted by molar-refractivity contribution is 7.99. The van der Waals surface area contributed by atoms with E-state index in [-0.39, 0.29) is 0 Å². The molecule has 1 aromatic rings. The summed E-state index contributed by atoms with van der Waals surface area (Å²) in [5.74, 6) is 1.24. The smallest absolute Gasteiger partial charge is 0.0147 e. The molecule has 0 saturated carbocycles. The van der Waals surface area contributed by atoms with Crippen LogP contribution in [0.2, 0.25) is 0 Å². The third-order valence-electron chi connectivity index (χ3n) is 2.87. The van der Waals surface area contributed by atoms with Crippen LogP contribution < -0.4 is 0 Å². The maximum atomic E-state index is 2.27. The summed E-state index contributed by atoms with van der Waals surface area (Å²) >= 11 is 1.99. The Bertz CT molecular complexity index is 363. The minimum Gasteiger partial charge on any atom is -0.125 e. The van der Waals surface area contributed by atoms with Crippen LogP contribution in [0.5, 0.6) is 0 Å². The molecule has 0 nitrogen and oxygen atoms in total. The van der Waals surface area contributed by atoms with Gasteiger partial charge in [0.2, 0.25) is 0 Å². The first-order valence-corrected chi connectivity index (χ1v) is 6.22. The van der Waals surface area contributed by atoms with Crippen LogP contribution in [-0.4, -0.2) is 5.75 Å². The van der Waals surface area contributed by atoms with Crippen LogP contribution in [0.1, 0.15) is 32.3 Å². The highest BCUT2D eigenvalue weighted by Crippen LogP contribution is 2.38. The Hall–Kier alpha value is -0.690. The van der Waals surface area contributed by atoms with Crippen LogP contribution in [0.15, 0.2) is 34.7 Å². The lowest BCUT2D eigenvalue weighted by molar-refractivity contribution is 1.06. The lowest BCUT2D eigenvalue weighted by Gasteiger charge is -2.20. The van der Waals surface area contributed by atoms with Crippen LogP contribution in [0, 0.1) is 0 Å². The van der Waals surface area contributed by atoms with Crippen molar-refractivity contribution in [3.63, 3.8) is 0 Å². The first-order chi connectivity index (χ1) is 6.83. The zero-order valence-electron chi connectivity index (χ0n) is 8.84. The Morgan fingerprint density at radius 1 is 1.36 bits per heavy atom. The van der Waals surface area contributed by atoms with Crippen molar-refractivity contribution in [2.24, 2.45) is 0 Å². The minimum atomic E-state index is 1.17. The molecule has 1 aromatic carbocycles. The molecule has 1 aliphatic rings. The van der Waals surface area contributed by atoms with Crippen LogP contribution in [0.4, 0.5) is 0 Å². The molecule has 14 heavy (non-hydrogen) atoms. The van der Waals surface area contributed by atoms with Gasteiger partial charge in [0, 0.05) is 10.6 Å². The molecule has 1 heterocycles. The molecule has 0 aromatic heterocycles. The van der Waals surface area contributed by atoms with Gasteiger partial charge in [0.15, 0.2) is 0 Å². The van der Waals surface area contributed by atoms with Gasteiger partial charge in [-0.05, 0) is 37.0 Å². The quantitative estimate of drug-likeness (QED) is 0.654. The summed E-state index contributed by atoms with van der Waals surface area (Å²) in [5, 5.41) is 0. The summed E-state index contributed by atoms with van der Waals surface area (Å²) in [6.45, 7) is 4.51. The molecule has 0 radical (unpaired) electrons. The first kappa shape index (κ1) is 9.85. The summed E-state index contributed by atoms with van der Waals surface area (Å²) in [4.78, 5) is 1.46. The summed E-state index contributed by atoms with van der Waals surface area (Å²) in [6, 6.07) is 8.78. The molecule has 0 saturated heterocycles. The number of fused-ring (bicyclic) bond motifs is 1. The summed E-state index contributed by atoms with van der Waals surface area (Å²) in [5.41, 5.74) is 4.61. The van der Waals surface area contributed by atoms with Crippen LogP contribution in [0.3, 0.4) is 0 Å². The molecular weight excluding hydrogens is 188 g/mol. The van der Waals surface area contributed by atoms with Crippen molar-refractivity contribution in [3.8, 4) is 0 Å². The molecule has 0 aliphatic carbocycles. The molecule has 0 spiro atoms. The second kappa shape index (κ2) is 4.22. The molecule has 0 bridgehead atoms. The molecule has 2 rings (SSSR count). The van der Waals surface area contributed by atoms with Crippen molar-refractivity contribution in [2.45, 2.75) is 31.6 Å².